The molecular formula is C14H16FN3O4. The van der Waals surface area contributed by atoms with Gasteiger partial charge in [0.15, 0.2) is 0 Å². The Balaban J connectivity index is 2.08. The summed E-state index contributed by atoms with van der Waals surface area (Å²) < 4.78 is 13.5. The van der Waals surface area contributed by atoms with E-state index in [1.54, 1.807) is 0 Å². The van der Waals surface area contributed by atoms with Gasteiger partial charge in [0.2, 0.25) is 5.91 Å². The Morgan fingerprint density at radius 1 is 1.36 bits per heavy atom. The zero-order chi connectivity index (χ0) is 16.3. The molecule has 7 nitrogen and oxygen atoms in total. The molecule has 0 aromatic heterocycles. The number of aliphatic carboxylic acids is 1. The standard InChI is InChI=1S/C14H16FN3O4/c15-10-4-2-1-3-9(10)13(20)17-8-5-11(14(21)22)18(7-8)12(19)6-16/h1-4,8,11H,5-7,16H2,(H,17,20)(H,21,22). The average molecular weight is 309 g/mol. The van der Waals surface area contributed by atoms with Gasteiger partial charge in [0.25, 0.3) is 5.91 Å². The van der Waals surface area contributed by atoms with Crippen molar-refractivity contribution in [2.45, 2.75) is 18.5 Å². The van der Waals surface area contributed by atoms with E-state index in [9.17, 15) is 18.8 Å². The van der Waals surface area contributed by atoms with E-state index < -0.39 is 35.7 Å². The van der Waals surface area contributed by atoms with Crippen LogP contribution in [0.4, 0.5) is 4.39 Å². The Bertz CT molecular complexity index is 608. The number of nitrogens with one attached hydrogen (secondary N) is 1. The fraction of sp³-hybridized carbons (Fsp3) is 0.357. The van der Waals surface area contributed by atoms with Crippen LogP contribution in [0.25, 0.3) is 0 Å². The Morgan fingerprint density at radius 2 is 2.05 bits per heavy atom. The summed E-state index contributed by atoms with van der Waals surface area (Å²) in [5.74, 6) is -2.98. The van der Waals surface area contributed by atoms with E-state index >= 15 is 0 Å². The van der Waals surface area contributed by atoms with Gasteiger partial charge in [-0.2, -0.15) is 0 Å². The second-order valence-electron chi connectivity index (χ2n) is 4.99. The lowest BCUT2D eigenvalue weighted by Gasteiger charge is -2.20. The minimum atomic E-state index is -1.16. The first-order valence-electron chi connectivity index (χ1n) is 6.71. The van der Waals surface area contributed by atoms with Crippen molar-refractivity contribution in [3.63, 3.8) is 0 Å². The second kappa shape index (κ2) is 6.52. The van der Waals surface area contributed by atoms with Gasteiger partial charge in [0, 0.05) is 19.0 Å². The number of likely N-dealkylation sites (tertiary alicyclic amines) is 1. The highest BCUT2D eigenvalue weighted by atomic mass is 19.1. The van der Waals surface area contributed by atoms with Crippen LogP contribution < -0.4 is 11.1 Å². The molecule has 0 bridgehead atoms. The molecule has 0 saturated carbocycles. The third-order valence-electron chi connectivity index (χ3n) is 3.53. The predicted octanol–water partition coefficient (Wildman–Crippen LogP) is -0.432. The smallest absolute Gasteiger partial charge is 0.326 e. The molecule has 2 rings (SSSR count). The number of amides is 2. The second-order valence-corrected chi connectivity index (χ2v) is 4.99. The molecule has 8 heteroatoms. The van der Waals surface area contributed by atoms with Gasteiger partial charge in [-0.05, 0) is 12.1 Å². The quantitative estimate of drug-likeness (QED) is 0.698. The van der Waals surface area contributed by atoms with Crippen LogP contribution in [0.2, 0.25) is 0 Å². The van der Waals surface area contributed by atoms with Crippen molar-refractivity contribution in [3.05, 3.63) is 35.6 Å². The Morgan fingerprint density at radius 3 is 2.64 bits per heavy atom. The van der Waals surface area contributed by atoms with Crippen LogP contribution in [0.3, 0.4) is 0 Å². The maximum absolute atomic E-state index is 13.5. The first-order valence-corrected chi connectivity index (χ1v) is 6.71. The molecule has 0 radical (unpaired) electrons. The number of halogens is 1. The van der Waals surface area contributed by atoms with E-state index in [-0.39, 0.29) is 25.1 Å². The summed E-state index contributed by atoms with van der Waals surface area (Å²) in [5, 5.41) is 11.7. The lowest BCUT2D eigenvalue weighted by atomic mass is 10.1. The summed E-state index contributed by atoms with van der Waals surface area (Å²) in [6.45, 7) is -0.273. The molecular weight excluding hydrogens is 293 g/mol. The molecule has 0 aliphatic carbocycles. The fourth-order valence-electron chi connectivity index (χ4n) is 2.48. The number of carbonyl (C=O) groups is 3. The van der Waals surface area contributed by atoms with Gasteiger partial charge in [-0.15, -0.1) is 0 Å². The molecule has 1 aromatic rings. The number of carboxylic acids is 1. The zero-order valence-corrected chi connectivity index (χ0v) is 11.7. The molecule has 118 valence electrons. The molecule has 2 unspecified atom stereocenters. The summed E-state index contributed by atoms with van der Waals surface area (Å²) in [6.07, 6.45) is 0.0568. The van der Waals surface area contributed by atoms with Crippen LogP contribution >= 0.6 is 0 Å². The lowest BCUT2D eigenvalue weighted by molar-refractivity contribution is -0.147. The van der Waals surface area contributed by atoms with Crippen molar-refractivity contribution in [1.29, 1.82) is 0 Å². The van der Waals surface area contributed by atoms with Crippen molar-refractivity contribution < 1.29 is 23.9 Å². The van der Waals surface area contributed by atoms with Crippen LogP contribution in [0.5, 0.6) is 0 Å². The molecule has 1 heterocycles. The molecule has 22 heavy (non-hydrogen) atoms. The molecule has 4 N–H and O–H groups in total. The number of carbonyl (C=O) groups excluding carboxylic acids is 2. The summed E-state index contributed by atoms with van der Waals surface area (Å²) in [7, 11) is 0. The van der Waals surface area contributed by atoms with Crippen LogP contribution in [0.15, 0.2) is 24.3 Å². The molecule has 1 aliphatic heterocycles. The van der Waals surface area contributed by atoms with E-state index in [0.29, 0.717) is 0 Å². The van der Waals surface area contributed by atoms with Crippen molar-refractivity contribution in [2.24, 2.45) is 5.73 Å². The number of nitrogens with zero attached hydrogens (tertiary/aromatic N) is 1. The largest absolute Gasteiger partial charge is 0.480 e. The first kappa shape index (κ1) is 15.9. The van der Waals surface area contributed by atoms with E-state index in [2.05, 4.69) is 5.32 Å². The molecule has 2 amide bonds. The van der Waals surface area contributed by atoms with Gasteiger partial charge >= 0.3 is 5.97 Å². The number of benzene rings is 1. The Hall–Kier alpha value is -2.48. The monoisotopic (exact) mass is 309 g/mol. The van der Waals surface area contributed by atoms with Crippen molar-refractivity contribution in [2.75, 3.05) is 13.1 Å². The van der Waals surface area contributed by atoms with Crippen LogP contribution in [-0.4, -0.2) is 53.0 Å². The van der Waals surface area contributed by atoms with E-state index in [1.165, 1.54) is 18.2 Å². The van der Waals surface area contributed by atoms with Crippen molar-refractivity contribution in [3.8, 4) is 0 Å². The third kappa shape index (κ3) is 3.22. The molecule has 1 aliphatic rings. The van der Waals surface area contributed by atoms with Crippen molar-refractivity contribution >= 4 is 17.8 Å². The molecule has 2 atom stereocenters. The third-order valence-corrected chi connectivity index (χ3v) is 3.53. The summed E-state index contributed by atoms with van der Waals surface area (Å²) >= 11 is 0. The number of hydrogen-bond donors (Lipinski definition) is 3. The maximum Gasteiger partial charge on any atom is 0.326 e. The van der Waals surface area contributed by atoms with Crippen molar-refractivity contribution in [1.82, 2.24) is 10.2 Å². The molecule has 1 saturated heterocycles. The highest BCUT2D eigenvalue weighted by molar-refractivity contribution is 5.95. The highest BCUT2D eigenvalue weighted by Gasteiger charge is 2.39. The van der Waals surface area contributed by atoms with E-state index in [1.807, 2.05) is 0 Å². The Kier molecular flexibility index (Phi) is 4.71. The van der Waals surface area contributed by atoms with Gasteiger partial charge in [0.05, 0.1) is 12.1 Å². The maximum atomic E-state index is 13.5. The van der Waals surface area contributed by atoms with Gasteiger partial charge < -0.3 is 21.1 Å². The SMILES string of the molecule is NCC(=O)N1CC(NC(=O)c2ccccc2F)CC1C(=O)O. The Labute approximate surface area is 125 Å². The number of hydrogen-bond acceptors (Lipinski definition) is 4. The minimum absolute atomic E-state index is 0.0349. The highest BCUT2D eigenvalue weighted by Crippen LogP contribution is 2.19. The summed E-state index contributed by atoms with van der Waals surface area (Å²) in [5.41, 5.74) is 5.12. The summed E-state index contributed by atoms with van der Waals surface area (Å²) in [6, 6.07) is 3.87. The van der Waals surface area contributed by atoms with E-state index in [0.717, 1.165) is 11.0 Å². The van der Waals surface area contributed by atoms with Gasteiger partial charge in [0.1, 0.15) is 11.9 Å². The fourth-order valence-corrected chi connectivity index (χ4v) is 2.48. The molecule has 1 fully saturated rings. The normalized spacial score (nSPS) is 20.7. The average Bonchev–Trinajstić information content (AvgIpc) is 2.91. The molecule has 0 spiro atoms. The zero-order valence-electron chi connectivity index (χ0n) is 11.7. The number of carboxylic acid groups (broad SMARTS) is 1. The predicted molar refractivity (Wildman–Crippen MR) is 74.5 cm³/mol. The van der Waals surface area contributed by atoms with Crippen LogP contribution in [0, 0.1) is 5.82 Å². The topological polar surface area (TPSA) is 113 Å². The van der Waals surface area contributed by atoms with Crippen LogP contribution in [-0.2, 0) is 9.59 Å². The lowest BCUT2D eigenvalue weighted by Crippen LogP contribution is -2.44. The number of nitrogens with two attached hydrogens (primary N) is 1. The van der Waals surface area contributed by atoms with E-state index in [4.69, 9.17) is 10.8 Å². The summed E-state index contributed by atoms with van der Waals surface area (Å²) in [4.78, 5) is 36.0. The van der Waals surface area contributed by atoms with Crippen LogP contribution in [0.1, 0.15) is 16.8 Å². The van der Waals surface area contributed by atoms with Gasteiger partial charge in [-0.1, -0.05) is 12.1 Å². The minimum Gasteiger partial charge on any atom is -0.480 e. The van der Waals surface area contributed by atoms with Gasteiger partial charge in [-0.25, -0.2) is 9.18 Å². The number of rotatable bonds is 4. The van der Waals surface area contributed by atoms with Gasteiger partial charge in [-0.3, -0.25) is 9.59 Å². The first-order chi connectivity index (χ1) is 10.4. The molecule has 1 aromatic carbocycles.